The maximum absolute atomic E-state index is 13.9. The third kappa shape index (κ3) is 3.49. The Kier molecular flexibility index (Phi) is 4.98. The lowest BCUT2D eigenvalue weighted by Gasteiger charge is -2.19. The summed E-state index contributed by atoms with van der Waals surface area (Å²) in [4.78, 5) is 0. The molecule has 5 heteroatoms. The van der Waals surface area contributed by atoms with E-state index in [-0.39, 0.29) is 12.4 Å². The van der Waals surface area contributed by atoms with Gasteiger partial charge in [-0.3, -0.25) is 0 Å². The zero-order valence-electron chi connectivity index (χ0n) is 10.9. The largest absolute Gasteiger partial charge is 0.497 e. The van der Waals surface area contributed by atoms with Gasteiger partial charge in [-0.25, -0.2) is 4.39 Å². The molecule has 3 nitrogen and oxygen atoms in total. The molecule has 0 heterocycles. The smallest absolute Gasteiger partial charge is 0.129 e. The summed E-state index contributed by atoms with van der Waals surface area (Å²) in [5.74, 6) is 0.380. The van der Waals surface area contributed by atoms with Gasteiger partial charge in [-0.05, 0) is 36.4 Å². The number of nitrogens with one attached hydrogen (secondary N) is 1. The van der Waals surface area contributed by atoms with Gasteiger partial charge in [-0.15, -0.1) is 0 Å². The normalized spacial score (nSPS) is 12.0. The number of hydrogen-bond donors (Lipinski definition) is 2. The summed E-state index contributed by atoms with van der Waals surface area (Å²) in [5, 5.41) is 12.6. The van der Waals surface area contributed by atoms with Crippen molar-refractivity contribution in [2.75, 3.05) is 19.0 Å². The van der Waals surface area contributed by atoms with E-state index in [4.69, 9.17) is 4.74 Å². The van der Waals surface area contributed by atoms with Crippen LogP contribution in [0.4, 0.5) is 10.1 Å². The van der Waals surface area contributed by atoms with Crippen LogP contribution in [0.2, 0.25) is 0 Å². The van der Waals surface area contributed by atoms with Crippen molar-refractivity contribution >= 4 is 21.6 Å². The SMILES string of the molecule is COc1ccc(NC(CO)c2ccc(Br)cc2F)cc1. The molecule has 1 atom stereocenters. The molecular weight excluding hydrogens is 325 g/mol. The van der Waals surface area contributed by atoms with E-state index < -0.39 is 6.04 Å². The molecule has 0 aliphatic heterocycles. The van der Waals surface area contributed by atoms with Gasteiger partial charge in [0.25, 0.3) is 0 Å². The first-order valence-electron chi connectivity index (χ1n) is 6.10. The molecule has 0 saturated carbocycles. The minimum Gasteiger partial charge on any atom is -0.497 e. The maximum Gasteiger partial charge on any atom is 0.129 e. The van der Waals surface area contributed by atoms with Gasteiger partial charge in [0.05, 0.1) is 19.8 Å². The Bertz CT molecular complexity index is 575. The number of hydrogen-bond acceptors (Lipinski definition) is 3. The van der Waals surface area contributed by atoms with E-state index in [9.17, 15) is 9.50 Å². The fraction of sp³-hybridized carbons (Fsp3) is 0.200. The topological polar surface area (TPSA) is 41.5 Å². The molecule has 1 unspecified atom stereocenters. The number of rotatable bonds is 5. The standard InChI is InChI=1S/C15H15BrFNO2/c1-20-12-5-3-11(4-6-12)18-15(9-19)13-7-2-10(16)8-14(13)17/h2-8,15,18-19H,9H2,1H3. The first kappa shape index (κ1) is 14.8. The highest BCUT2D eigenvalue weighted by atomic mass is 79.9. The Morgan fingerprint density at radius 1 is 1.25 bits per heavy atom. The summed E-state index contributed by atoms with van der Waals surface area (Å²) in [6.07, 6.45) is 0. The number of benzene rings is 2. The molecule has 2 rings (SSSR count). The number of ether oxygens (including phenoxy) is 1. The number of methoxy groups -OCH3 is 1. The van der Waals surface area contributed by atoms with Crippen LogP contribution in [0.25, 0.3) is 0 Å². The van der Waals surface area contributed by atoms with Crippen molar-refractivity contribution in [3.05, 3.63) is 58.3 Å². The second kappa shape index (κ2) is 6.72. The number of anilines is 1. The fourth-order valence-corrected chi connectivity index (χ4v) is 2.23. The minimum absolute atomic E-state index is 0.204. The van der Waals surface area contributed by atoms with Gasteiger partial charge in [-0.2, -0.15) is 0 Å². The van der Waals surface area contributed by atoms with E-state index in [1.165, 1.54) is 6.07 Å². The summed E-state index contributed by atoms with van der Waals surface area (Å²) in [6, 6.07) is 11.5. The molecule has 0 spiro atoms. The molecule has 0 amide bonds. The van der Waals surface area contributed by atoms with Gasteiger partial charge >= 0.3 is 0 Å². The molecule has 0 fully saturated rings. The van der Waals surface area contributed by atoms with Gasteiger partial charge in [-0.1, -0.05) is 22.0 Å². The fourth-order valence-electron chi connectivity index (χ4n) is 1.89. The van der Waals surface area contributed by atoms with Crippen LogP contribution in [0.1, 0.15) is 11.6 Å². The van der Waals surface area contributed by atoms with Gasteiger partial charge in [0.1, 0.15) is 11.6 Å². The zero-order chi connectivity index (χ0) is 14.5. The van der Waals surface area contributed by atoms with E-state index in [2.05, 4.69) is 21.2 Å². The van der Waals surface area contributed by atoms with Crippen LogP contribution in [0.5, 0.6) is 5.75 Å². The van der Waals surface area contributed by atoms with E-state index in [0.717, 1.165) is 11.4 Å². The number of halogens is 2. The predicted molar refractivity (Wildman–Crippen MR) is 80.5 cm³/mol. The molecule has 0 bridgehead atoms. The molecule has 0 radical (unpaired) electrons. The Balaban J connectivity index is 2.19. The van der Waals surface area contributed by atoms with Crippen molar-refractivity contribution in [2.24, 2.45) is 0 Å². The molecule has 20 heavy (non-hydrogen) atoms. The quantitative estimate of drug-likeness (QED) is 0.871. The molecule has 0 aliphatic rings. The Morgan fingerprint density at radius 2 is 1.95 bits per heavy atom. The first-order chi connectivity index (χ1) is 9.63. The van der Waals surface area contributed by atoms with Crippen molar-refractivity contribution in [1.82, 2.24) is 0 Å². The molecule has 2 aromatic carbocycles. The van der Waals surface area contributed by atoms with Crippen LogP contribution >= 0.6 is 15.9 Å². The zero-order valence-corrected chi connectivity index (χ0v) is 12.5. The summed E-state index contributed by atoms with van der Waals surface area (Å²) in [6.45, 7) is -0.204. The highest BCUT2D eigenvalue weighted by Crippen LogP contribution is 2.25. The first-order valence-corrected chi connectivity index (χ1v) is 6.89. The molecule has 0 aromatic heterocycles. The lowest BCUT2D eigenvalue weighted by molar-refractivity contribution is 0.274. The van der Waals surface area contributed by atoms with Crippen LogP contribution in [0.3, 0.4) is 0 Å². The summed E-state index contributed by atoms with van der Waals surface area (Å²) < 4.78 is 19.6. The van der Waals surface area contributed by atoms with Crippen molar-refractivity contribution in [3.8, 4) is 5.75 Å². The third-order valence-electron chi connectivity index (χ3n) is 2.95. The average molecular weight is 340 g/mol. The lowest BCUT2D eigenvalue weighted by Crippen LogP contribution is -2.16. The van der Waals surface area contributed by atoms with E-state index in [1.807, 2.05) is 12.1 Å². The lowest BCUT2D eigenvalue weighted by atomic mass is 10.1. The van der Waals surface area contributed by atoms with Crippen molar-refractivity contribution in [2.45, 2.75) is 6.04 Å². The van der Waals surface area contributed by atoms with Crippen molar-refractivity contribution < 1.29 is 14.2 Å². The van der Waals surface area contributed by atoms with Crippen molar-refractivity contribution in [3.63, 3.8) is 0 Å². The second-order valence-corrected chi connectivity index (χ2v) is 5.19. The second-order valence-electron chi connectivity index (χ2n) is 4.27. The summed E-state index contributed by atoms with van der Waals surface area (Å²) >= 11 is 3.21. The van der Waals surface area contributed by atoms with Crippen LogP contribution in [0.15, 0.2) is 46.9 Å². The molecule has 2 N–H and O–H groups in total. The van der Waals surface area contributed by atoms with Crippen LogP contribution in [-0.4, -0.2) is 18.8 Å². The molecular formula is C15H15BrFNO2. The van der Waals surface area contributed by atoms with Gasteiger partial charge < -0.3 is 15.2 Å². The average Bonchev–Trinajstić information content (AvgIpc) is 2.46. The number of aliphatic hydroxyl groups is 1. The van der Waals surface area contributed by atoms with Crippen LogP contribution < -0.4 is 10.1 Å². The Morgan fingerprint density at radius 3 is 2.50 bits per heavy atom. The van der Waals surface area contributed by atoms with Crippen LogP contribution in [-0.2, 0) is 0 Å². The van der Waals surface area contributed by atoms with E-state index in [0.29, 0.717) is 10.0 Å². The monoisotopic (exact) mass is 339 g/mol. The van der Waals surface area contributed by atoms with Crippen molar-refractivity contribution in [1.29, 1.82) is 0 Å². The predicted octanol–water partition coefficient (Wildman–Crippen LogP) is 3.74. The highest BCUT2D eigenvalue weighted by Gasteiger charge is 2.15. The Labute approximate surface area is 125 Å². The van der Waals surface area contributed by atoms with E-state index in [1.54, 1.807) is 31.4 Å². The molecule has 2 aromatic rings. The number of aliphatic hydroxyl groups excluding tert-OH is 1. The minimum atomic E-state index is -0.503. The van der Waals surface area contributed by atoms with E-state index >= 15 is 0 Å². The molecule has 0 saturated heterocycles. The molecule has 0 aliphatic carbocycles. The van der Waals surface area contributed by atoms with Crippen LogP contribution in [0, 0.1) is 5.82 Å². The van der Waals surface area contributed by atoms with Gasteiger partial charge in [0.2, 0.25) is 0 Å². The molecule has 106 valence electrons. The summed E-state index contributed by atoms with van der Waals surface area (Å²) in [5.41, 5.74) is 1.21. The third-order valence-corrected chi connectivity index (χ3v) is 3.44. The Hall–Kier alpha value is -1.59. The van der Waals surface area contributed by atoms with Gasteiger partial charge in [0, 0.05) is 15.7 Å². The summed E-state index contributed by atoms with van der Waals surface area (Å²) in [7, 11) is 1.59. The highest BCUT2D eigenvalue weighted by molar-refractivity contribution is 9.10. The maximum atomic E-state index is 13.9. The van der Waals surface area contributed by atoms with Gasteiger partial charge in [0.15, 0.2) is 0 Å².